The molecular formula is C15H20N2O. The van der Waals surface area contributed by atoms with Crippen molar-refractivity contribution in [2.45, 2.75) is 26.2 Å². The third-order valence-corrected chi connectivity index (χ3v) is 4.10. The van der Waals surface area contributed by atoms with Crippen LogP contribution in [0.15, 0.2) is 12.1 Å². The largest absolute Gasteiger partial charge is 0.495 e. The molecule has 96 valence electrons. The molecule has 1 saturated heterocycles. The molecule has 1 aromatic heterocycles. The highest BCUT2D eigenvalue weighted by molar-refractivity contribution is 5.92. The number of rotatable bonds is 2. The molecule has 1 fully saturated rings. The van der Waals surface area contributed by atoms with E-state index in [9.17, 15) is 0 Å². The van der Waals surface area contributed by atoms with E-state index in [1.165, 1.54) is 28.6 Å². The third-order valence-electron chi connectivity index (χ3n) is 4.10. The summed E-state index contributed by atoms with van der Waals surface area (Å²) >= 11 is 0. The van der Waals surface area contributed by atoms with Crippen molar-refractivity contribution < 1.29 is 4.74 Å². The van der Waals surface area contributed by atoms with Gasteiger partial charge in [0, 0.05) is 23.5 Å². The summed E-state index contributed by atoms with van der Waals surface area (Å²) in [4.78, 5) is 3.60. The van der Waals surface area contributed by atoms with E-state index >= 15 is 0 Å². The molecule has 18 heavy (non-hydrogen) atoms. The molecule has 2 aromatic rings. The average molecular weight is 244 g/mol. The highest BCUT2D eigenvalue weighted by Crippen LogP contribution is 2.36. The highest BCUT2D eigenvalue weighted by atomic mass is 16.5. The van der Waals surface area contributed by atoms with Gasteiger partial charge in [-0.3, -0.25) is 0 Å². The zero-order chi connectivity index (χ0) is 12.7. The van der Waals surface area contributed by atoms with Gasteiger partial charge in [-0.25, -0.2) is 0 Å². The number of H-pyrrole nitrogens is 1. The summed E-state index contributed by atoms with van der Waals surface area (Å²) in [7, 11) is 1.73. The first kappa shape index (κ1) is 11.6. The normalized spacial score (nSPS) is 19.6. The number of hydrogen-bond donors (Lipinski definition) is 2. The first-order chi connectivity index (χ1) is 8.72. The van der Waals surface area contributed by atoms with Gasteiger partial charge in [0.05, 0.1) is 12.6 Å². The maximum absolute atomic E-state index is 5.47. The summed E-state index contributed by atoms with van der Waals surface area (Å²) in [5.74, 6) is 1.55. The maximum atomic E-state index is 5.47. The second kappa shape index (κ2) is 4.32. The van der Waals surface area contributed by atoms with Crippen molar-refractivity contribution in [1.29, 1.82) is 0 Å². The van der Waals surface area contributed by atoms with Crippen LogP contribution in [-0.2, 0) is 0 Å². The van der Waals surface area contributed by atoms with Crippen LogP contribution in [0.5, 0.6) is 5.75 Å². The van der Waals surface area contributed by atoms with Gasteiger partial charge in [-0.1, -0.05) is 6.07 Å². The number of fused-ring (bicyclic) bond motifs is 1. The molecule has 1 unspecified atom stereocenters. The first-order valence-electron chi connectivity index (χ1n) is 6.59. The van der Waals surface area contributed by atoms with Crippen molar-refractivity contribution in [3.05, 3.63) is 29.0 Å². The smallest absolute Gasteiger partial charge is 0.142 e. The summed E-state index contributed by atoms with van der Waals surface area (Å²) in [6, 6.07) is 4.18. The van der Waals surface area contributed by atoms with Crippen molar-refractivity contribution >= 4 is 10.9 Å². The van der Waals surface area contributed by atoms with Crippen molar-refractivity contribution in [3.63, 3.8) is 0 Å². The highest BCUT2D eigenvalue weighted by Gasteiger charge is 2.22. The molecular weight excluding hydrogens is 224 g/mol. The lowest BCUT2D eigenvalue weighted by Crippen LogP contribution is -2.08. The Hall–Kier alpha value is -1.48. The molecule has 2 heterocycles. The average Bonchev–Trinajstić information content (AvgIpc) is 2.98. The Labute approximate surface area is 108 Å². The Kier molecular flexibility index (Phi) is 2.78. The van der Waals surface area contributed by atoms with Gasteiger partial charge in [0.2, 0.25) is 0 Å². The predicted molar refractivity (Wildman–Crippen MR) is 74.6 cm³/mol. The molecule has 0 amide bonds. The molecule has 0 aliphatic carbocycles. The van der Waals surface area contributed by atoms with Crippen LogP contribution in [-0.4, -0.2) is 25.2 Å². The summed E-state index contributed by atoms with van der Waals surface area (Å²) in [5, 5.41) is 4.76. The van der Waals surface area contributed by atoms with Crippen molar-refractivity contribution in [3.8, 4) is 5.75 Å². The van der Waals surface area contributed by atoms with Gasteiger partial charge < -0.3 is 15.0 Å². The van der Waals surface area contributed by atoms with Crippen LogP contribution in [0.4, 0.5) is 0 Å². The van der Waals surface area contributed by atoms with E-state index in [1.54, 1.807) is 7.11 Å². The van der Waals surface area contributed by atoms with E-state index in [1.807, 2.05) is 6.07 Å². The zero-order valence-corrected chi connectivity index (χ0v) is 11.3. The molecule has 0 bridgehead atoms. The van der Waals surface area contributed by atoms with Crippen molar-refractivity contribution in [2.24, 2.45) is 0 Å². The van der Waals surface area contributed by atoms with Gasteiger partial charge in [0.25, 0.3) is 0 Å². The Morgan fingerprint density at radius 3 is 2.78 bits per heavy atom. The predicted octanol–water partition coefficient (Wildman–Crippen LogP) is 2.87. The molecule has 0 radical (unpaired) electrons. The minimum absolute atomic E-state index is 0.613. The standard InChI is InChI=1S/C15H20N2O/c1-9-4-5-12(18-3)15-13(9)10(2)14(17-15)11-6-7-16-8-11/h4-5,11,16-17H,6-8H2,1-3H3. The lowest BCUT2D eigenvalue weighted by molar-refractivity contribution is 0.419. The SMILES string of the molecule is COc1ccc(C)c2c(C)c(C3CCNC3)[nH]c12. The second-order valence-electron chi connectivity index (χ2n) is 5.19. The van der Waals surface area contributed by atoms with E-state index in [2.05, 4.69) is 30.2 Å². The molecule has 3 heteroatoms. The third kappa shape index (κ3) is 1.62. The van der Waals surface area contributed by atoms with E-state index in [4.69, 9.17) is 4.74 Å². The number of benzene rings is 1. The number of nitrogens with one attached hydrogen (secondary N) is 2. The summed E-state index contributed by atoms with van der Waals surface area (Å²) < 4.78 is 5.47. The van der Waals surface area contributed by atoms with Crippen molar-refractivity contribution in [1.82, 2.24) is 10.3 Å². The van der Waals surface area contributed by atoms with Crippen LogP contribution in [0.2, 0.25) is 0 Å². The molecule has 1 aliphatic rings. The van der Waals surface area contributed by atoms with Crippen LogP contribution in [0.3, 0.4) is 0 Å². The Morgan fingerprint density at radius 1 is 1.28 bits per heavy atom. The maximum Gasteiger partial charge on any atom is 0.142 e. The zero-order valence-electron chi connectivity index (χ0n) is 11.3. The van der Waals surface area contributed by atoms with E-state index in [0.717, 1.165) is 24.4 Å². The van der Waals surface area contributed by atoms with Crippen LogP contribution in [0, 0.1) is 13.8 Å². The topological polar surface area (TPSA) is 37.0 Å². The number of aromatic amines is 1. The lowest BCUT2D eigenvalue weighted by atomic mass is 9.99. The molecule has 3 nitrogen and oxygen atoms in total. The molecule has 3 rings (SSSR count). The Morgan fingerprint density at radius 2 is 2.11 bits per heavy atom. The van der Waals surface area contributed by atoms with Crippen molar-refractivity contribution in [2.75, 3.05) is 20.2 Å². The minimum atomic E-state index is 0.613. The van der Waals surface area contributed by atoms with Crippen LogP contribution < -0.4 is 10.1 Å². The fourth-order valence-electron chi connectivity index (χ4n) is 3.14. The molecule has 1 aliphatic heterocycles. The van der Waals surface area contributed by atoms with Crippen LogP contribution in [0.1, 0.15) is 29.2 Å². The summed E-state index contributed by atoms with van der Waals surface area (Å²) in [5.41, 5.74) is 5.23. The molecule has 0 spiro atoms. The molecule has 2 N–H and O–H groups in total. The van der Waals surface area contributed by atoms with Gasteiger partial charge >= 0.3 is 0 Å². The van der Waals surface area contributed by atoms with E-state index in [0.29, 0.717) is 5.92 Å². The van der Waals surface area contributed by atoms with Crippen LogP contribution in [0.25, 0.3) is 10.9 Å². The van der Waals surface area contributed by atoms with E-state index < -0.39 is 0 Å². The van der Waals surface area contributed by atoms with Crippen LogP contribution >= 0.6 is 0 Å². The fourth-order valence-corrected chi connectivity index (χ4v) is 3.14. The molecule has 1 atom stereocenters. The number of aryl methyl sites for hydroxylation is 2. The molecule has 0 saturated carbocycles. The first-order valence-corrected chi connectivity index (χ1v) is 6.59. The fraction of sp³-hybridized carbons (Fsp3) is 0.467. The van der Waals surface area contributed by atoms with E-state index in [-0.39, 0.29) is 0 Å². The number of ether oxygens (including phenoxy) is 1. The quantitative estimate of drug-likeness (QED) is 0.852. The summed E-state index contributed by atoms with van der Waals surface area (Å²) in [6.07, 6.45) is 1.22. The van der Waals surface area contributed by atoms with Gasteiger partial charge in [0.1, 0.15) is 5.75 Å². The summed E-state index contributed by atoms with van der Waals surface area (Å²) in [6.45, 7) is 6.59. The van der Waals surface area contributed by atoms with Gasteiger partial charge in [-0.2, -0.15) is 0 Å². The van der Waals surface area contributed by atoms with Gasteiger partial charge in [-0.05, 0) is 44.0 Å². The minimum Gasteiger partial charge on any atom is -0.495 e. The molecule has 1 aromatic carbocycles. The lowest BCUT2D eigenvalue weighted by Gasteiger charge is -2.07. The Bertz CT molecular complexity index is 580. The number of hydrogen-bond acceptors (Lipinski definition) is 2. The monoisotopic (exact) mass is 244 g/mol. The number of aromatic nitrogens is 1. The second-order valence-corrected chi connectivity index (χ2v) is 5.19. The number of methoxy groups -OCH3 is 1. The van der Waals surface area contributed by atoms with Gasteiger partial charge in [0.15, 0.2) is 0 Å². The van der Waals surface area contributed by atoms with Gasteiger partial charge in [-0.15, -0.1) is 0 Å². The Balaban J connectivity index is 2.22.